The molecule has 0 bridgehead atoms. The van der Waals surface area contributed by atoms with Gasteiger partial charge in [0.25, 0.3) is 0 Å². The SMILES string of the molecule is [C-]#[N+]c1ccc(C)c(Br)c1.[C-]#[N+]c1ccc(CBr)c(Br)c1. The zero-order valence-electron chi connectivity index (χ0n) is 11.2. The first-order valence-electron chi connectivity index (χ1n) is 5.87. The summed E-state index contributed by atoms with van der Waals surface area (Å²) in [5, 5.41) is 0.811. The van der Waals surface area contributed by atoms with Crippen LogP contribution in [0.25, 0.3) is 9.69 Å². The lowest BCUT2D eigenvalue weighted by atomic mass is 10.2. The number of halogens is 3. The summed E-state index contributed by atoms with van der Waals surface area (Å²) in [6.07, 6.45) is 0. The molecule has 0 aromatic heterocycles. The van der Waals surface area contributed by atoms with Crippen LogP contribution in [0, 0.1) is 20.1 Å². The van der Waals surface area contributed by atoms with Crippen LogP contribution in [0.15, 0.2) is 45.3 Å². The van der Waals surface area contributed by atoms with Crippen LogP contribution < -0.4 is 0 Å². The van der Waals surface area contributed by atoms with E-state index >= 15 is 0 Å². The van der Waals surface area contributed by atoms with Gasteiger partial charge in [0, 0.05) is 14.3 Å². The van der Waals surface area contributed by atoms with Gasteiger partial charge in [-0.05, 0) is 30.2 Å². The molecule has 21 heavy (non-hydrogen) atoms. The van der Waals surface area contributed by atoms with E-state index in [0.717, 1.165) is 25.4 Å². The summed E-state index contributed by atoms with van der Waals surface area (Å²) in [6.45, 7) is 15.5. The Kier molecular flexibility index (Phi) is 7.67. The number of benzene rings is 2. The fraction of sp³-hybridized carbons (Fsp3) is 0.125. The van der Waals surface area contributed by atoms with E-state index in [1.165, 1.54) is 0 Å². The lowest BCUT2D eigenvalue weighted by molar-refractivity contribution is 1.41. The van der Waals surface area contributed by atoms with Crippen molar-refractivity contribution in [2.45, 2.75) is 12.3 Å². The molecule has 0 N–H and O–H groups in total. The molecule has 0 aliphatic heterocycles. The van der Waals surface area contributed by atoms with E-state index in [-0.39, 0.29) is 0 Å². The highest BCUT2D eigenvalue weighted by atomic mass is 79.9. The van der Waals surface area contributed by atoms with E-state index in [9.17, 15) is 0 Å². The zero-order valence-corrected chi connectivity index (χ0v) is 16.0. The van der Waals surface area contributed by atoms with Crippen LogP contribution in [-0.4, -0.2) is 0 Å². The summed E-state index contributed by atoms with van der Waals surface area (Å²) in [5.41, 5.74) is 3.67. The molecule has 0 saturated heterocycles. The Bertz CT molecular complexity index is 712. The number of hydrogen-bond acceptors (Lipinski definition) is 0. The lowest BCUT2D eigenvalue weighted by Gasteiger charge is -1.98. The molecule has 2 rings (SSSR count). The third-order valence-electron chi connectivity index (χ3n) is 2.59. The highest BCUT2D eigenvalue weighted by molar-refractivity contribution is 9.11. The molecule has 0 heterocycles. The first-order chi connectivity index (χ1) is 10.0. The van der Waals surface area contributed by atoms with E-state index in [2.05, 4.69) is 57.5 Å². The molecule has 0 radical (unpaired) electrons. The van der Waals surface area contributed by atoms with Gasteiger partial charge in [-0.1, -0.05) is 72.1 Å². The van der Waals surface area contributed by atoms with Gasteiger partial charge >= 0.3 is 0 Å². The lowest BCUT2D eigenvalue weighted by Crippen LogP contribution is -1.77. The number of nitrogens with zero attached hydrogens (tertiary/aromatic N) is 2. The molecule has 0 saturated carbocycles. The standard InChI is InChI=1S/C8H5Br2N.C8H6BrN/c1-11-7-3-2-6(5-9)8(10)4-7;1-6-3-4-7(10-2)5-8(6)9/h2-4H,5H2;3-5H,1H3. The third kappa shape index (κ3) is 5.63. The Labute approximate surface area is 150 Å². The van der Waals surface area contributed by atoms with Gasteiger partial charge in [-0.25, -0.2) is 9.69 Å². The molecule has 2 aromatic rings. The Balaban J connectivity index is 0.000000211. The molecule has 106 valence electrons. The molecular formula is C16H11Br3N2. The Morgan fingerprint density at radius 2 is 1.43 bits per heavy atom. The quantitative estimate of drug-likeness (QED) is 0.307. The van der Waals surface area contributed by atoms with Crippen LogP contribution in [0.1, 0.15) is 11.1 Å². The van der Waals surface area contributed by atoms with Crippen LogP contribution in [0.3, 0.4) is 0 Å². The van der Waals surface area contributed by atoms with E-state index in [1.807, 2.05) is 43.3 Å². The summed E-state index contributed by atoms with van der Waals surface area (Å²) >= 11 is 10.1. The van der Waals surface area contributed by atoms with E-state index in [0.29, 0.717) is 11.4 Å². The monoisotopic (exact) mass is 468 g/mol. The van der Waals surface area contributed by atoms with Crippen molar-refractivity contribution in [2.24, 2.45) is 0 Å². The summed E-state index contributed by atoms with van der Waals surface area (Å²) in [6, 6.07) is 11.1. The van der Waals surface area contributed by atoms with Crippen molar-refractivity contribution in [3.63, 3.8) is 0 Å². The van der Waals surface area contributed by atoms with Gasteiger partial charge in [-0.15, -0.1) is 0 Å². The van der Waals surface area contributed by atoms with Gasteiger partial charge in [0.15, 0.2) is 11.4 Å². The van der Waals surface area contributed by atoms with Crippen LogP contribution in [-0.2, 0) is 5.33 Å². The molecule has 0 unspecified atom stereocenters. The van der Waals surface area contributed by atoms with Crippen molar-refractivity contribution in [1.82, 2.24) is 0 Å². The van der Waals surface area contributed by atoms with Gasteiger partial charge in [-0.2, -0.15) is 0 Å². The van der Waals surface area contributed by atoms with Gasteiger partial charge in [0.1, 0.15) is 0 Å². The molecule has 0 atom stereocenters. The highest BCUT2D eigenvalue weighted by Gasteiger charge is 1.98. The fourth-order valence-corrected chi connectivity index (χ4v) is 3.10. The number of alkyl halides is 1. The molecule has 2 aromatic carbocycles. The van der Waals surface area contributed by atoms with Crippen LogP contribution >= 0.6 is 47.8 Å². The first-order valence-corrected chi connectivity index (χ1v) is 8.58. The maximum Gasteiger partial charge on any atom is 0.188 e. The Morgan fingerprint density at radius 1 is 0.905 bits per heavy atom. The van der Waals surface area contributed by atoms with Crippen molar-refractivity contribution >= 4 is 59.2 Å². The van der Waals surface area contributed by atoms with Gasteiger partial charge in [-0.3, -0.25) is 0 Å². The van der Waals surface area contributed by atoms with Crippen molar-refractivity contribution < 1.29 is 0 Å². The van der Waals surface area contributed by atoms with Gasteiger partial charge < -0.3 is 0 Å². The topological polar surface area (TPSA) is 8.72 Å². The smallest absolute Gasteiger partial charge is 0.188 e. The first kappa shape index (κ1) is 17.9. The van der Waals surface area contributed by atoms with Crippen molar-refractivity contribution in [1.29, 1.82) is 0 Å². The minimum Gasteiger partial charge on any atom is -0.238 e. The molecule has 5 heteroatoms. The Morgan fingerprint density at radius 3 is 1.86 bits per heavy atom. The summed E-state index contributed by atoms with van der Waals surface area (Å²) in [5.74, 6) is 0. The second-order valence-electron chi connectivity index (χ2n) is 4.07. The average molecular weight is 471 g/mol. The van der Waals surface area contributed by atoms with Gasteiger partial charge in [0.05, 0.1) is 13.1 Å². The summed E-state index contributed by atoms with van der Waals surface area (Å²) in [4.78, 5) is 6.60. The minimum absolute atomic E-state index is 0.668. The molecule has 0 fully saturated rings. The maximum atomic E-state index is 6.76. The molecule has 2 nitrogen and oxygen atoms in total. The molecule has 0 amide bonds. The maximum absolute atomic E-state index is 6.76. The number of hydrogen-bond donors (Lipinski definition) is 0. The summed E-state index contributed by atoms with van der Waals surface area (Å²) in [7, 11) is 0. The predicted octanol–water partition coefficient (Wildman–Crippen LogP) is 7.20. The largest absolute Gasteiger partial charge is 0.238 e. The molecule has 0 aliphatic rings. The normalized spacial score (nSPS) is 9.05. The zero-order chi connectivity index (χ0) is 15.8. The predicted molar refractivity (Wildman–Crippen MR) is 98.2 cm³/mol. The number of aryl methyl sites for hydroxylation is 1. The molecule has 0 aliphatic carbocycles. The number of rotatable bonds is 1. The van der Waals surface area contributed by atoms with Crippen LogP contribution in [0.5, 0.6) is 0 Å². The molecule has 0 spiro atoms. The van der Waals surface area contributed by atoms with Crippen molar-refractivity contribution in [2.75, 3.05) is 0 Å². The van der Waals surface area contributed by atoms with E-state index < -0.39 is 0 Å². The van der Waals surface area contributed by atoms with Crippen molar-refractivity contribution in [3.8, 4) is 0 Å². The second-order valence-corrected chi connectivity index (χ2v) is 6.34. The third-order valence-corrected chi connectivity index (χ3v) is 4.79. The second kappa shape index (κ2) is 9.00. The Hall–Kier alpha value is -1.14. The highest BCUT2D eigenvalue weighted by Crippen LogP contribution is 2.24. The fourth-order valence-electron chi connectivity index (χ4n) is 1.37. The van der Waals surface area contributed by atoms with E-state index in [4.69, 9.17) is 13.1 Å². The van der Waals surface area contributed by atoms with Crippen molar-refractivity contribution in [3.05, 3.63) is 79.3 Å². The minimum atomic E-state index is 0.668. The van der Waals surface area contributed by atoms with Crippen LogP contribution in [0.2, 0.25) is 0 Å². The van der Waals surface area contributed by atoms with Crippen LogP contribution in [0.4, 0.5) is 11.4 Å². The average Bonchev–Trinajstić information content (AvgIpc) is 2.50. The van der Waals surface area contributed by atoms with Gasteiger partial charge in [0.2, 0.25) is 0 Å². The van der Waals surface area contributed by atoms with E-state index in [1.54, 1.807) is 0 Å². The molecular weight excluding hydrogens is 460 g/mol. The summed E-state index contributed by atoms with van der Waals surface area (Å²) < 4.78 is 1.99.